The third kappa shape index (κ3) is 5.58. The first-order chi connectivity index (χ1) is 13.2. The second-order valence-electron chi connectivity index (χ2n) is 6.69. The number of nitrogens with zero attached hydrogens (tertiary/aromatic N) is 1. The maximum Gasteiger partial charge on any atom is 0.166 e. The zero-order valence-electron chi connectivity index (χ0n) is 15.6. The molecule has 1 heterocycles. The molecule has 0 spiro atoms. The van der Waals surface area contributed by atoms with Gasteiger partial charge in [-0.15, -0.1) is 0 Å². The summed E-state index contributed by atoms with van der Waals surface area (Å²) in [5, 5.41) is 8.12. The number of hydrogen-bond acceptors (Lipinski definition) is 3. The van der Waals surface area contributed by atoms with Gasteiger partial charge in [0.05, 0.1) is 13.2 Å². The van der Waals surface area contributed by atoms with Crippen LogP contribution in [0.1, 0.15) is 30.0 Å². The first-order valence-corrected chi connectivity index (χ1v) is 10.1. The van der Waals surface area contributed by atoms with Gasteiger partial charge in [-0.05, 0) is 67.5 Å². The molecule has 2 N–H and O–H groups in total. The van der Waals surface area contributed by atoms with Crippen molar-refractivity contribution in [3.63, 3.8) is 0 Å². The first-order valence-electron chi connectivity index (χ1n) is 9.30. The van der Waals surface area contributed by atoms with Crippen molar-refractivity contribution in [3.05, 3.63) is 64.7 Å². The minimum Gasteiger partial charge on any atom is -0.497 e. The summed E-state index contributed by atoms with van der Waals surface area (Å²) >= 11 is 11.9. The average Bonchev–Trinajstić information content (AvgIpc) is 3.23. The molecule has 0 unspecified atom stereocenters. The molecule has 27 heavy (non-hydrogen) atoms. The molecular weight excluding hydrogens is 378 g/mol. The second-order valence-corrected chi connectivity index (χ2v) is 7.51. The average molecular weight is 404 g/mol. The van der Waals surface area contributed by atoms with Crippen molar-refractivity contribution in [2.45, 2.75) is 25.4 Å². The van der Waals surface area contributed by atoms with E-state index in [0.717, 1.165) is 41.5 Å². The predicted octanol–water partition coefficient (Wildman–Crippen LogP) is 4.15. The molecule has 0 aromatic heterocycles. The monoisotopic (exact) mass is 403 g/mol. The standard InChI is InChI=1S/C21H26ClN3OS/c1-26-17-10-8-16(9-11-17)14-23-21(27)24-15-20(25-12-4-5-13-25)18-6-2-3-7-19(18)22/h2-3,6-11,20H,4-5,12-15H2,1H3,(H2,23,24,27)/t20-/m0/s1. The number of thiocarbonyl (C=S) groups is 1. The Morgan fingerprint density at radius 3 is 2.48 bits per heavy atom. The smallest absolute Gasteiger partial charge is 0.166 e. The summed E-state index contributed by atoms with van der Waals surface area (Å²) in [4.78, 5) is 2.49. The van der Waals surface area contributed by atoms with Gasteiger partial charge in [-0.25, -0.2) is 0 Å². The van der Waals surface area contributed by atoms with Gasteiger partial charge in [-0.1, -0.05) is 41.9 Å². The van der Waals surface area contributed by atoms with Crippen LogP contribution in [0.25, 0.3) is 0 Å². The summed E-state index contributed by atoms with van der Waals surface area (Å²) in [6.07, 6.45) is 2.47. The second kappa shape index (κ2) is 9.93. The third-order valence-corrected chi connectivity index (χ3v) is 5.55. The fraction of sp³-hybridized carbons (Fsp3) is 0.381. The molecule has 4 nitrogen and oxygen atoms in total. The van der Waals surface area contributed by atoms with Gasteiger partial charge in [0, 0.05) is 18.1 Å². The van der Waals surface area contributed by atoms with Crippen LogP contribution in [0, 0.1) is 0 Å². The number of ether oxygens (including phenoxy) is 1. The van der Waals surface area contributed by atoms with Gasteiger partial charge in [0.15, 0.2) is 5.11 Å². The first kappa shape index (κ1) is 19.9. The fourth-order valence-corrected chi connectivity index (χ4v) is 3.83. The van der Waals surface area contributed by atoms with E-state index in [4.69, 9.17) is 28.6 Å². The maximum atomic E-state index is 6.47. The topological polar surface area (TPSA) is 36.5 Å². The molecule has 1 atom stereocenters. The number of hydrogen-bond donors (Lipinski definition) is 2. The molecule has 144 valence electrons. The van der Waals surface area contributed by atoms with Crippen LogP contribution < -0.4 is 15.4 Å². The lowest BCUT2D eigenvalue weighted by Gasteiger charge is -2.29. The highest BCUT2D eigenvalue weighted by atomic mass is 35.5. The van der Waals surface area contributed by atoms with Crippen molar-refractivity contribution >= 4 is 28.9 Å². The van der Waals surface area contributed by atoms with Gasteiger partial charge in [0.2, 0.25) is 0 Å². The lowest BCUT2D eigenvalue weighted by molar-refractivity contribution is 0.246. The molecule has 0 bridgehead atoms. The van der Waals surface area contributed by atoms with Crippen molar-refractivity contribution < 1.29 is 4.74 Å². The Morgan fingerprint density at radius 2 is 1.81 bits per heavy atom. The number of halogens is 1. The number of nitrogens with one attached hydrogen (secondary N) is 2. The van der Waals surface area contributed by atoms with Crippen LogP contribution >= 0.6 is 23.8 Å². The SMILES string of the molecule is COc1ccc(CNC(=S)NC[C@@H](c2ccccc2Cl)N2CCCC2)cc1. The third-order valence-electron chi connectivity index (χ3n) is 4.91. The molecule has 1 saturated heterocycles. The van der Waals surface area contributed by atoms with Crippen LogP contribution in [0.15, 0.2) is 48.5 Å². The van der Waals surface area contributed by atoms with E-state index in [2.05, 4.69) is 21.6 Å². The number of likely N-dealkylation sites (tertiary alicyclic amines) is 1. The summed E-state index contributed by atoms with van der Waals surface area (Å²) in [6, 6.07) is 16.3. The van der Waals surface area contributed by atoms with Gasteiger partial charge >= 0.3 is 0 Å². The molecule has 2 aromatic rings. The molecule has 2 aromatic carbocycles. The highest BCUT2D eigenvalue weighted by molar-refractivity contribution is 7.80. The van der Waals surface area contributed by atoms with Gasteiger partial charge in [-0.3, -0.25) is 4.90 Å². The lowest BCUT2D eigenvalue weighted by Crippen LogP contribution is -2.41. The van der Waals surface area contributed by atoms with Crippen molar-refractivity contribution in [1.29, 1.82) is 0 Å². The minimum atomic E-state index is 0.224. The predicted molar refractivity (Wildman–Crippen MR) is 115 cm³/mol. The summed E-state index contributed by atoms with van der Waals surface area (Å²) < 4.78 is 5.19. The van der Waals surface area contributed by atoms with Crippen LogP contribution in [0.5, 0.6) is 5.75 Å². The van der Waals surface area contributed by atoms with Crippen LogP contribution in [0.3, 0.4) is 0 Å². The van der Waals surface area contributed by atoms with E-state index < -0.39 is 0 Å². The van der Waals surface area contributed by atoms with E-state index in [0.29, 0.717) is 11.7 Å². The Morgan fingerprint density at radius 1 is 1.11 bits per heavy atom. The van der Waals surface area contributed by atoms with Crippen LogP contribution in [-0.2, 0) is 6.54 Å². The van der Waals surface area contributed by atoms with E-state index in [9.17, 15) is 0 Å². The van der Waals surface area contributed by atoms with E-state index >= 15 is 0 Å². The largest absolute Gasteiger partial charge is 0.497 e. The Bertz CT molecular complexity index is 747. The Balaban J connectivity index is 1.56. The van der Waals surface area contributed by atoms with Gasteiger partial charge < -0.3 is 15.4 Å². The Kier molecular flexibility index (Phi) is 7.33. The molecule has 0 radical (unpaired) electrons. The number of methoxy groups -OCH3 is 1. The van der Waals surface area contributed by atoms with Crippen molar-refractivity contribution in [2.24, 2.45) is 0 Å². The molecule has 6 heteroatoms. The van der Waals surface area contributed by atoms with Crippen molar-refractivity contribution in [2.75, 3.05) is 26.7 Å². The van der Waals surface area contributed by atoms with Crippen LogP contribution in [-0.4, -0.2) is 36.8 Å². The van der Waals surface area contributed by atoms with Gasteiger partial charge in [0.25, 0.3) is 0 Å². The maximum absolute atomic E-state index is 6.47. The fourth-order valence-electron chi connectivity index (χ4n) is 3.41. The van der Waals surface area contributed by atoms with Crippen molar-refractivity contribution in [3.8, 4) is 5.75 Å². The molecular formula is C21H26ClN3OS. The number of rotatable bonds is 7. The van der Waals surface area contributed by atoms with E-state index in [1.165, 1.54) is 12.8 Å². The summed E-state index contributed by atoms with van der Waals surface area (Å²) in [7, 11) is 1.67. The number of benzene rings is 2. The Labute approximate surface area is 171 Å². The normalized spacial score (nSPS) is 15.3. The van der Waals surface area contributed by atoms with Gasteiger partial charge in [-0.2, -0.15) is 0 Å². The van der Waals surface area contributed by atoms with E-state index in [1.807, 2.05) is 42.5 Å². The summed E-state index contributed by atoms with van der Waals surface area (Å²) in [5.74, 6) is 0.854. The molecule has 1 fully saturated rings. The molecule has 1 aliphatic rings. The highest BCUT2D eigenvalue weighted by Crippen LogP contribution is 2.29. The van der Waals surface area contributed by atoms with Gasteiger partial charge in [0.1, 0.15) is 5.75 Å². The van der Waals surface area contributed by atoms with Crippen LogP contribution in [0.4, 0.5) is 0 Å². The lowest BCUT2D eigenvalue weighted by atomic mass is 10.1. The van der Waals surface area contributed by atoms with E-state index in [1.54, 1.807) is 7.11 Å². The minimum absolute atomic E-state index is 0.224. The molecule has 3 rings (SSSR count). The molecule has 1 aliphatic heterocycles. The van der Waals surface area contributed by atoms with Crippen molar-refractivity contribution in [1.82, 2.24) is 15.5 Å². The zero-order valence-corrected chi connectivity index (χ0v) is 17.2. The quantitative estimate of drug-likeness (QED) is 0.679. The van der Waals surface area contributed by atoms with Crippen LogP contribution in [0.2, 0.25) is 5.02 Å². The summed E-state index contributed by atoms with van der Waals surface area (Å²) in [6.45, 7) is 3.61. The Hall–Kier alpha value is -1.82. The van der Waals surface area contributed by atoms with E-state index in [-0.39, 0.29) is 6.04 Å². The molecule has 0 amide bonds. The molecule has 0 saturated carbocycles. The molecule has 0 aliphatic carbocycles. The summed E-state index contributed by atoms with van der Waals surface area (Å²) in [5.41, 5.74) is 2.31. The zero-order chi connectivity index (χ0) is 19.1. The highest BCUT2D eigenvalue weighted by Gasteiger charge is 2.25.